The van der Waals surface area contributed by atoms with E-state index in [2.05, 4.69) is 48.8 Å². The van der Waals surface area contributed by atoms with Gasteiger partial charge >= 0.3 is 0 Å². The van der Waals surface area contributed by atoms with Gasteiger partial charge in [0.25, 0.3) is 0 Å². The lowest BCUT2D eigenvalue weighted by Gasteiger charge is -2.36. The Labute approximate surface area is 123 Å². The van der Waals surface area contributed by atoms with Crippen molar-refractivity contribution in [1.29, 1.82) is 0 Å². The van der Waals surface area contributed by atoms with Crippen LogP contribution in [0, 0.1) is 13.8 Å². The summed E-state index contributed by atoms with van der Waals surface area (Å²) in [5.74, 6) is 0. The number of likely N-dealkylation sites (N-methyl/N-ethyl adjacent to an activating group) is 1. The van der Waals surface area contributed by atoms with Gasteiger partial charge < -0.3 is 9.80 Å². The van der Waals surface area contributed by atoms with E-state index in [-0.39, 0.29) is 24.8 Å². The number of nitrogens with zero attached hydrogens (tertiary/aromatic N) is 2. The molecule has 1 aromatic carbocycles. The number of hydrogen-bond donors (Lipinski definition) is 0. The zero-order valence-electron chi connectivity index (χ0n) is 11.5. The summed E-state index contributed by atoms with van der Waals surface area (Å²) in [6.45, 7) is 12.5. The van der Waals surface area contributed by atoms with Gasteiger partial charge in [0.2, 0.25) is 0 Å². The van der Waals surface area contributed by atoms with Crippen LogP contribution in [0.3, 0.4) is 0 Å². The first-order valence-electron chi connectivity index (χ1n) is 6.25. The van der Waals surface area contributed by atoms with Crippen molar-refractivity contribution in [1.82, 2.24) is 4.90 Å². The molecular weight excluding hydrogens is 267 g/mol. The molecule has 0 saturated carbocycles. The Morgan fingerprint density at radius 2 is 1.61 bits per heavy atom. The van der Waals surface area contributed by atoms with Crippen molar-refractivity contribution in [2.75, 3.05) is 37.6 Å². The fourth-order valence-electron chi connectivity index (χ4n) is 2.47. The van der Waals surface area contributed by atoms with Crippen LogP contribution in [0.1, 0.15) is 18.1 Å². The van der Waals surface area contributed by atoms with Crippen LogP contribution >= 0.6 is 24.8 Å². The molecule has 1 saturated heterocycles. The number of anilines is 1. The van der Waals surface area contributed by atoms with Gasteiger partial charge in [0, 0.05) is 31.9 Å². The average molecular weight is 291 g/mol. The van der Waals surface area contributed by atoms with Crippen molar-refractivity contribution >= 4 is 30.5 Å². The lowest BCUT2D eigenvalue weighted by Crippen LogP contribution is -2.46. The standard InChI is InChI=1S/C14H22N2.2ClH/c1-4-15-7-9-16(10-8-15)14-6-5-12(2)11-13(14)3;;/h5-6,11H,4,7-10H2,1-3H3;2*1H. The van der Waals surface area contributed by atoms with E-state index in [9.17, 15) is 0 Å². The van der Waals surface area contributed by atoms with E-state index in [0.29, 0.717) is 0 Å². The van der Waals surface area contributed by atoms with Crippen LogP contribution in [0.4, 0.5) is 5.69 Å². The van der Waals surface area contributed by atoms with Crippen LogP contribution in [-0.4, -0.2) is 37.6 Å². The van der Waals surface area contributed by atoms with E-state index < -0.39 is 0 Å². The molecule has 1 fully saturated rings. The molecular formula is C14H24Cl2N2. The highest BCUT2D eigenvalue weighted by molar-refractivity contribution is 5.85. The molecule has 0 aromatic heterocycles. The minimum absolute atomic E-state index is 0. The minimum atomic E-state index is 0. The Kier molecular flexibility index (Phi) is 7.69. The van der Waals surface area contributed by atoms with Crippen LogP contribution in [0.25, 0.3) is 0 Å². The van der Waals surface area contributed by atoms with Gasteiger partial charge in [-0.05, 0) is 32.0 Å². The molecule has 4 heteroatoms. The van der Waals surface area contributed by atoms with E-state index >= 15 is 0 Å². The zero-order valence-corrected chi connectivity index (χ0v) is 13.1. The molecule has 1 aromatic rings. The number of piperazine rings is 1. The highest BCUT2D eigenvalue weighted by atomic mass is 35.5. The molecule has 0 spiro atoms. The highest BCUT2D eigenvalue weighted by Gasteiger charge is 2.16. The predicted molar refractivity (Wildman–Crippen MR) is 84.7 cm³/mol. The Morgan fingerprint density at radius 1 is 1.00 bits per heavy atom. The van der Waals surface area contributed by atoms with Gasteiger partial charge in [-0.2, -0.15) is 0 Å². The van der Waals surface area contributed by atoms with Crippen molar-refractivity contribution in [2.45, 2.75) is 20.8 Å². The topological polar surface area (TPSA) is 6.48 Å². The van der Waals surface area contributed by atoms with Gasteiger partial charge in [-0.25, -0.2) is 0 Å². The molecule has 1 aliphatic heterocycles. The average Bonchev–Trinajstić information content (AvgIpc) is 2.29. The van der Waals surface area contributed by atoms with Gasteiger partial charge in [-0.15, -0.1) is 24.8 Å². The van der Waals surface area contributed by atoms with E-state index in [4.69, 9.17) is 0 Å². The monoisotopic (exact) mass is 290 g/mol. The second-order valence-electron chi connectivity index (χ2n) is 4.71. The molecule has 0 amide bonds. The largest absolute Gasteiger partial charge is 0.369 e. The van der Waals surface area contributed by atoms with Gasteiger partial charge in [0.15, 0.2) is 0 Å². The first-order valence-corrected chi connectivity index (χ1v) is 6.25. The molecule has 104 valence electrons. The predicted octanol–water partition coefficient (Wildman–Crippen LogP) is 3.29. The lowest BCUT2D eigenvalue weighted by atomic mass is 10.1. The van der Waals surface area contributed by atoms with Crippen molar-refractivity contribution in [2.24, 2.45) is 0 Å². The second kappa shape index (κ2) is 7.88. The van der Waals surface area contributed by atoms with Crippen molar-refractivity contribution < 1.29 is 0 Å². The molecule has 0 unspecified atom stereocenters. The Bertz CT molecular complexity index is 361. The maximum Gasteiger partial charge on any atom is 0.0396 e. The summed E-state index contributed by atoms with van der Waals surface area (Å²) in [7, 11) is 0. The molecule has 0 radical (unpaired) electrons. The van der Waals surface area contributed by atoms with Gasteiger partial charge in [0.1, 0.15) is 0 Å². The fraction of sp³-hybridized carbons (Fsp3) is 0.571. The smallest absolute Gasteiger partial charge is 0.0396 e. The molecule has 1 aliphatic rings. The van der Waals surface area contributed by atoms with Crippen molar-refractivity contribution in [3.05, 3.63) is 29.3 Å². The van der Waals surface area contributed by atoms with E-state index in [1.807, 2.05) is 0 Å². The Morgan fingerprint density at radius 3 is 2.11 bits per heavy atom. The molecule has 1 heterocycles. The van der Waals surface area contributed by atoms with Crippen molar-refractivity contribution in [3.63, 3.8) is 0 Å². The third-order valence-corrected chi connectivity index (χ3v) is 3.51. The fourth-order valence-corrected chi connectivity index (χ4v) is 2.47. The zero-order chi connectivity index (χ0) is 11.5. The summed E-state index contributed by atoms with van der Waals surface area (Å²) in [6, 6.07) is 6.77. The van der Waals surface area contributed by atoms with E-state index in [0.717, 1.165) is 13.1 Å². The highest BCUT2D eigenvalue weighted by Crippen LogP contribution is 2.22. The third kappa shape index (κ3) is 4.04. The number of halogens is 2. The summed E-state index contributed by atoms with van der Waals surface area (Å²) in [5, 5.41) is 0. The van der Waals surface area contributed by atoms with Crippen LogP contribution in [0.15, 0.2) is 18.2 Å². The van der Waals surface area contributed by atoms with Crippen LogP contribution in [-0.2, 0) is 0 Å². The first-order chi connectivity index (χ1) is 7.70. The Balaban J connectivity index is 0.00000144. The van der Waals surface area contributed by atoms with E-state index in [1.165, 1.54) is 36.4 Å². The molecule has 0 aliphatic carbocycles. The molecule has 2 nitrogen and oxygen atoms in total. The molecule has 2 rings (SSSR count). The minimum Gasteiger partial charge on any atom is -0.369 e. The maximum absolute atomic E-state index is 2.51. The molecule has 0 atom stereocenters. The Hall–Kier alpha value is -0.440. The molecule has 0 N–H and O–H groups in total. The van der Waals surface area contributed by atoms with Gasteiger partial charge in [0.05, 0.1) is 0 Å². The van der Waals surface area contributed by atoms with Crippen LogP contribution < -0.4 is 4.90 Å². The lowest BCUT2D eigenvalue weighted by molar-refractivity contribution is 0.271. The SMILES string of the molecule is CCN1CCN(c2ccc(C)cc2C)CC1.Cl.Cl. The second-order valence-corrected chi connectivity index (χ2v) is 4.71. The summed E-state index contributed by atoms with van der Waals surface area (Å²) in [5.41, 5.74) is 4.18. The number of rotatable bonds is 2. The number of aryl methyl sites for hydroxylation is 2. The molecule has 0 bridgehead atoms. The summed E-state index contributed by atoms with van der Waals surface area (Å²) in [4.78, 5) is 5.03. The summed E-state index contributed by atoms with van der Waals surface area (Å²) >= 11 is 0. The third-order valence-electron chi connectivity index (χ3n) is 3.51. The number of hydrogen-bond acceptors (Lipinski definition) is 2. The van der Waals surface area contributed by atoms with Crippen LogP contribution in [0.2, 0.25) is 0 Å². The van der Waals surface area contributed by atoms with Crippen LogP contribution in [0.5, 0.6) is 0 Å². The number of benzene rings is 1. The van der Waals surface area contributed by atoms with Gasteiger partial charge in [-0.3, -0.25) is 0 Å². The summed E-state index contributed by atoms with van der Waals surface area (Å²) in [6.07, 6.45) is 0. The quantitative estimate of drug-likeness (QED) is 0.825. The normalized spacial score (nSPS) is 15.8. The summed E-state index contributed by atoms with van der Waals surface area (Å²) < 4.78 is 0. The van der Waals surface area contributed by atoms with E-state index in [1.54, 1.807) is 0 Å². The van der Waals surface area contributed by atoms with Gasteiger partial charge in [-0.1, -0.05) is 24.6 Å². The first kappa shape index (κ1) is 17.6. The maximum atomic E-state index is 2.51. The molecule has 18 heavy (non-hydrogen) atoms. The van der Waals surface area contributed by atoms with Crippen molar-refractivity contribution in [3.8, 4) is 0 Å².